The molecule has 1 N–H and O–H groups in total. The van der Waals surface area contributed by atoms with Crippen molar-refractivity contribution in [2.45, 2.75) is 45.3 Å². The Balaban J connectivity index is 2.38. The molecule has 17 heavy (non-hydrogen) atoms. The van der Waals surface area contributed by atoms with Gasteiger partial charge in [0, 0.05) is 12.6 Å². The molecule has 1 aliphatic rings. The van der Waals surface area contributed by atoms with Gasteiger partial charge in [-0.1, -0.05) is 13.8 Å². The van der Waals surface area contributed by atoms with E-state index in [0.29, 0.717) is 12.5 Å². The zero-order valence-corrected chi connectivity index (χ0v) is 10.2. The lowest BCUT2D eigenvalue weighted by Gasteiger charge is -2.24. The van der Waals surface area contributed by atoms with E-state index in [9.17, 15) is 18.0 Å². The molecule has 0 radical (unpaired) electrons. The Labute approximate surface area is 99.4 Å². The summed E-state index contributed by atoms with van der Waals surface area (Å²) < 4.78 is 35.9. The topological polar surface area (TPSA) is 32.3 Å². The minimum absolute atomic E-state index is 0.141. The second-order valence-electron chi connectivity index (χ2n) is 4.88. The molecule has 0 saturated heterocycles. The summed E-state index contributed by atoms with van der Waals surface area (Å²) in [6, 6.07) is -0.451. The van der Waals surface area contributed by atoms with Crippen LogP contribution in [0.25, 0.3) is 0 Å². The maximum atomic E-state index is 12.0. The number of amides is 2. The Morgan fingerprint density at radius 2 is 2.00 bits per heavy atom. The molecule has 1 rings (SSSR count). The van der Waals surface area contributed by atoms with Gasteiger partial charge in [-0.25, -0.2) is 4.79 Å². The molecule has 1 fully saturated rings. The van der Waals surface area contributed by atoms with Crippen LogP contribution in [0.5, 0.6) is 0 Å². The van der Waals surface area contributed by atoms with Crippen molar-refractivity contribution >= 4 is 6.03 Å². The number of carbonyl (C=O) groups is 1. The average Bonchev–Trinajstić information content (AvgIpc) is 2.97. The highest BCUT2D eigenvalue weighted by molar-refractivity contribution is 5.74. The largest absolute Gasteiger partial charge is 0.405 e. The first-order valence-electron chi connectivity index (χ1n) is 5.91. The second kappa shape index (κ2) is 5.60. The molecule has 0 atom stereocenters. The van der Waals surface area contributed by atoms with E-state index in [4.69, 9.17) is 0 Å². The van der Waals surface area contributed by atoms with Crippen LogP contribution >= 0.6 is 0 Å². The fourth-order valence-corrected chi connectivity index (χ4v) is 1.51. The first-order valence-corrected chi connectivity index (χ1v) is 5.91. The SMILES string of the molecule is CC(C)CCN(C(=O)NCC(F)(F)F)C1CC1. The summed E-state index contributed by atoms with van der Waals surface area (Å²) in [4.78, 5) is 13.1. The Hall–Kier alpha value is -0.940. The number of rotatable bonds is 5. The summed E-state index contributed by atoms with van der Waals surface area (Å²) in [5.41, 5.74) is 0. The molecule has 0 heterocycles. The van der Waals surface area contributed by atoms with E-state index in [1.165, 1.54) is 4.90 Å². The molecule has 0 spiro atoms. The second-order valence-corrected chi connectivity index (χ2v) is 4.88. The number of urea groups is 1. The molecule has 0 aliphatic heterocycles. The van der Waals surface area contributed by atoms with Crippen molar-refractivity contribution in [3.8, 4) is 0 Å². The van der Waals surface area contributed by atoms with Gasteiger partial charge in [0.15, 0.2) is 0 Å². The number of carbonyl (C=O) groups excluding carboxylic acids is 1. The fourth-order valence-electron chi connectivity index (χ4n) is 1.51. The first kappa shape index (κ1) is 14.1. The molecular formula is C11H19F3N2O. The highest BCUT2D eigenvalue weighted by Gasteiger charge is 2.34. The number of alkyl halides is 3. The predicted molar refractivity (Wildman–Crippen MR) is 58.6 cm³/mol. The van der Waals surface area contributed by atoms with Crippen LogP contribution in [0.1, 0.15) is 33.1 Å². The van der Waals surface area contributed by atoms with Crippen LogP contribution in [-0.2, 0) is 0 Å². The number of hydrogen-bond acceptors (Lipinski definition) is 1. The van der Waals surface area contributed by atoms with Gasteiger partial charge in [0.1, 0.15) is 6.54 Å². The van der Waals surface area contributed by atoms with E-state index < -0.39 is 18.8 Å². The van der Waals surface area contributed by atoms with E-state index in [-0.39, 0.29) is 6.04 Å². The molecule has 0 unspecified atom stereocenters. The van der Waals surface area contributed by atoms with Gasteiger partial charge in [-0.3, -0.25) is 0 Å². The van der Waals surface area contributed by atoms with Gasteiger partial charge < -0.3 is 10.2 Å². The molecule has 0 aromatic rings. The molecule has 0 aromatic heterocycles. The van der Waals surface area contributed by atoms with E-state index >= 15 is 0 Å². The Bertz CT molecular complexity index is 262. The van der Waals surface area contributed by atoms with E-state index in [0.717, 1.165) is 19.3 Å². The standard InChI is InChI=1S/C11H19F3N2O/c1-8(2)5-6-16(9-3-4-9)10(17)15-7-11(12,13)14/h8-9H,3-7H2,1-2H3,(H,15,17). The summed E-state index contributed by atoms with van der Waals surface area (Å²) in [6.07, 6.45) is -1.73. The van der Waals surface area contributed by atoms with Crippen molar-refractivity contribution in [1.82, 2.24) is 10.2 Å². The third-order valence-corrected chi connectivity index (χ3v) is 2.64. The van der Waals surface area contributed by atoms with Crippen LogP contribution in [0.2, 0.25) is 0 Å². The highest BCUT2D eigenvalue weighted by atomic mass is 19.4. The zero-order chi connectivity index (χ0) is 13.1. The molecule has 1 aliphatic carbocycles. The van der Waals surface area contributed by atoms with Crippen LogP contribution in [0.4, 0.5) is 18.0 Å². The van der Waals surface area contributed by atoms with Crippen molar-refractivity contribution in [2.75, 3.05) is 13.1 Å². The van der Waals surface area contributed by atoms with E-state index in [1.54, 1.807) is 0 Å². The van der Waals surface area contributed by atoms with Gasteiger partial charge in [0.2, 0.25) is 0 Å². The van der Waals surface area contributed by atoms with Crippen molar-refractivity contribution in [3.05, 3.63) is 0 Å². The lowest BCUT2D eigenvalue weighted by atomic mass is 10.1. The average molecular weight is 252 g/mol. The van der Waals surface area contributed by atoms with Crippen molar-refractivity contribution in [1.29, 1.82) is 0 Å². The minimum atomic E-state index is -4.34. The first-order chi connectivity index (χ1) is 7.79. The van der Waals surface area contributed by atoms with E-state index in [2.05, 4.69) is 0 Å². The van der Waals surface area contributed by atoms with Crippen LogP contribution in [0.3, 0.4) is 0 Å². The molecule has 6 heteroatoms. The van der Waals surface area contributed by atoms with Gasteiger partial charge in [0.25, 0.3) is 0 Å². The Morgan fingerprint density at radius 3 is 2.41 bits per heavy atom. The molecule has 100 valence electrons. The smallest absolute Gasteiger partial charge is 0.329 e. The summed E-state index contributed by atoms with van der Waals surface area (Å²) in [6.45, 7) is 3.33. The molecule has 0 bridgehead atoms. The Morgan fingerprint density at radius 1 is 1.41 bits per heavy atom. The van der Waals surface area contributed by atoms with Crippen LogP contribution < -0.4 is 5.32 Å². The van der Waals surface area contributed by atoms with Crippen LogP contribution in [0.15, 0.2) is 0 Å². The normalized spacial score (nSPS) is 16.1. The van der Waals surface area contributed by atoms with Crippen LogP contribution in [0, 0.1) is 5.92 Å². The molecule has 2 amide bonds. The lowest BCUT2D eigenvalue weighted by molar-refractivity contribution is -0.123. The maximum Gasteiger partial charge on any atom is 0.405 e. The number of nitrogens with one attached hydrogen (secondary N) is 1. The summed E-state index contributed by atoms with van der Waals surface area (Å²) >= 11 is 0. The van der Waals surface area contributed by atoms with Gasteiger partial charge in [-0.2, -0.15) is 13.2 Å². The molecule has 3 nitrogen and oxygen atoms in total. The summed E-state index contributed by atoms with van der Waals surface area (Å²) in [5, 5.41) is 1.93. The van der Waals surface area contributed by atoms with Gasteiger partial charge in [-0.15, -0.1) is 0 Å². The van der Waals surface area contributed by atoms with Gasteiger partial charge in [-0.05, 0) is 25.2 Å². The van der Waals surface area contributed by atoms with Gasteiger partial charge >= 0.3 is 12.2 Å². The van der Waals surface area contributed by atoms with Crippen molar-refractivity contribution < 1.29 is 18.0 Å². The zero-order valence-electron chi connectivity index (χ0n) is 10.2. The van der Waals surface area contributed by atoms with Crippen molar-refractivity contribution in [2.24, 2.45) is 5.92 Å². The third kappa shape index (κ3) is 5.79. The Kier molecular flexibility index (Phi) is 4.65. The van der Waals surface area contributed by atoms with Crippen LogP contribution in [-0.4, -0.2) is 36.2 Å². The monoisotopic (exact) mass is 252 g/mol. The maximum absolute atomic E-state index is 12.0. The lowest BCUT2D eigenvalue weighted by Crippen LogP contribution is -2.45. The predicted octanol–water partition coefficient (Wildman–Crippen LogP) is 2.77. The highest BCUT2D eigenvalue weighted by Crippen LogP contribution is 2.27. The number of hydrogen-bond donors (Lipinski definition) is 1. The quantitative estimate of drug-likeness (QED) is 0.801. The summed E-state index contributed by atoms with van der Waals surface area (Å²) in [5.74, 6) is 0.437. The third-order valence-electron chi connectivity index (χ3n) is 2.64. The minimum Gasteiger partial charge on any atom is -0.329 e. The summed E-state index contributed by atoms with van der Waals surface area (Å²) in [7, 11) is 0. The van der Waals surface area contributed by atoms with Crippen molar-refractivity contribution in [3.63, 3.8) is 0 Å². The molecule has 0 aromatic carbocycles. The van der Waals surface area contributed by atoms with E-state index in [1.807, 2.05) is 19.2 Å². The number of halogens is 3. The molecular weight excluding hydrogens is 233 g/mol. The molecule has 1 saturated carbocycles. The number of nitrogens with zero attached hydrogens (tertiary/aromatic N) is 1. The fraction of sp³-hybridized carbons (Fsp3) is 0.909. The van der Waals surface area contributed by atoms with Gasteiger partial charge in [0.05, 0.1) is 0 Å².